The van der Waals surface area contributed by atoms with Gasteiger partial charge in [-0.05, 0) is 73.5 Å². The molecule has 0 radical (unpaired) electrons. The molecule has 5 rings (SSSR count). The number of likely N-dealkylation sites (tertiary alicyclic amines) is 1. The van der Waals surface area contributed by atoms with Crippen LogP contribution in [0, 0.1) is 0 Å². The van der Waals surface area contributed by atoms with E-state index in [1.807, 2.05) is 12.1 Å². The van der Waals surface area contributed by atoms with Crippen molar-refractivity contribution in [2.45, 2.75) is 25.4 Å². The maximum atomic E-state index is 12.5. The molecule has 0 saturated carbocycles. The third-order valence-electron chi connectivity index (χ3n) is 6.29. The largest absolute Gasteiger partial charge is 0.497 e. The number of carbonyl (C=O) groups is 2. The Kier molecular flexibility index (Phi) is 6.91. The summed E-state index contributed by atoms with van der Waals surface area (Å²) in [5.74, 6) is 0.826. The number of nitrogens with zero attached hydrogens (tertiary/aromatic N) is 4. The summed E-state index contributed by atoms with van der Waals surface area (Å²) in [5.41, 5.74) is 2.45. The van der Waals surface area contributed by atoms with Gasteiger partial charge in [-0.15, -0.1) is 0 Å². The number of ether oxygens (including phenoxy) is 1. The van der Waals surface area contributed by atoms with Crippen LogP contribution in [0.1, 0.15) is 51.1 Å². The Labute approximate surface area is 212 Å². The first kappa shape index (κ1) is 24.1. The molecule has 1 fully saturated rings. The molecular weight excluding hydrogens is 474 g/mol. The first-order valence-electron chi connectivity index (χ1n) is 11.8. The molecule has 1 atom stereocenters. The third-order valence-corrected chi connectivity index (χ3v) is 6.29. The highest BCUT2D eigenvalue weighted by Crippen LogP contribution is 2.33. The number of benzene rings is 2. The van der Waals surface area contributed by atoms with Gasteiger partial charge in [0.05, 0.1) is 18.7 Å². The molecule has 2 aromatic heterocycles. The number of pyridine rings is 1. The number of carboxylic acid groups (broad SMARTS) is 1. The normalized spacial score (nSPS) is 15.4. The van der Waals surface area contributed by atoms with Gasteiger partial charge in [0.25, 0.3) is 5.91 Å². The summed E-state index contributed by atoms with van der Waals surface area (Å²) in [6.45, 7) is 1.54. The summed E-state index contributed by atoms with van der Waals surface area (Å²) in [7, 11) is 1.57. The molecule has 2 aromatic carbocycles. The molecule has 1 saturated heterocycles. The minimum Gasteiger partial charge on any atom is -0.497 e. The topological polar surface area (TPSA) is 131 Å². The fourth-order valence-corrected chi connectivity index (χ4v) is 4.30. The van der Waals surface area contributed by atoms with Crippen LogP contribution in [0.25, 0.3) is 11.4 Å². The van der Waals surface area contributed by atoms with E-state index < -0.39 is 5.97 Å². The Bertz CT molecular complexity index is 1380. The monoisotopic (exact) mass is 499 g/mol. The molecule has 1 amide bonds. The van der Waals surface area contributed by atoms with Gasteiger partial charge in [-0.1, -0.05) is 17.3 Å². The van der Waals surface area contributed by atoms with E-state index in [0.717, 1.165) is 24.9 Å². The molecule has 1 aliphatic heterocycles. The SMILES string of the molecule is COc1ccc(C(=O)Nc2ccc(-c3noc(C4CCCN4Cc4ccc(C(=O)O)cc4)n3)cn2)cc1. The molecule has 0 spiro atoms. The van der Waals surface area contributed by atoms with Crippen LogP contribution in [-0.2, 0) is 6.54 Å². The second-order valence-corrected chi connectivity index (χ2v) is 8.70. The summed E-state index contributed by atoms with van der Waals surface area (Å²) in [4.78, 5) is 34.7. The van der Waals surface area contributed by atoms with Crippen molar-refractivity contribution in [3.8, 4) is 17.1 Å². The van der Waals surface area contributed by atoms with Gasteiger partial charge in [0.1, 0.15) is 11.6 Å². The highest BCUT2D eigenvalue weighted by molar-refractivity contribution is 6.03. The number of carboxylic acids is 1. The number of methoxy groups -OCH3 is 1. The lowest BCUT2D eigenvalue weighted by atomic mass is 10.1. The molecule has 188 valence electrons. The van der Waals surface area contributed by atoms with Gasteiger partial charge in [0, 0.05) is 23.9 Å². The molecule has 2 N–H and O–H groups in total. The zero-order valence-corrected chi connectivity index (χ0v) is 20.1. The Hall–Kier alpha value is -4.57. The van der Waals surface area contributed by atoms with Crippen LogP contribution in [0.3, 0.4) is 0 Å². The smallest absolute Gasteiger partial charge is 0.335 e. The lowest BCUT2D eigenvalue weighted by Crippen LogP contribution is -2.23. The number of rotatable bonds is 8. The molecule has 4 aromatic rings. The van der Waals surface area contributed by atoms with E-state index in [1.165, 1.54) is 0 Å². The number of amides is 1. The van der Waals surface area contributed by atoms with E-state index in [0.29, 0.717) is 41.0 Å². The van der Waals surface area contributed by atoms with Crippen molar-refractivity contribution in [1.82, 2.24) is 20.0 Å². The van der Waals surface area contributed by atoms with Gasteiger partial charge in [-0.25, -0.2) is 9.78 Å². The van der Waals surface area contributed by atoms with Gasteiger partial charge in [0.15, 0.2) is 0 Å². The molecule has 0 bridgehead atoms. The maximum absolute atomic E-state index is 12.5. The first-order chi connectivity index (χ1) is 18.0. The number of nitrogens with one attached hydrogen (secondary N) is 1. The summed E-state index contributed by atoms with van der Waals surface area (Å²) in [6.07, 6.45) is 3.48. The number of carbonyl (C=O) groups excluding carboxylic acids is 1. The summed E-state index contributed by atoms with van der Waals surface area (Å²) >= 11 is 0. The lowest BCUT2D eigenvalue weighted by Gasteiger charge is -2.21. The fraction of sp³-hybridized carbons (Fsp3) is 0.222. The Morgan fingerprint density at radius 2 is 1.84 bits per heavy atom. The molecule has 10 heteroatoms. The average Bonchev–Trinajstić information content (AvgIpc) is 3.59. The standard InChI is InChI=1S/C27H25N5O5/c1-36-21-11-8-18(9-12-21)25(33)29-23-13-10-20(15-28-23)24-30-26(37-31-24)22-3-2-14-32(22)16-17-4-6-19(7-5-17)27(34)35/h4-13,15,22H,2-3,14,16H2,1H3,(H,34,35)(H,28,29,33). The number of hydrogen-bond donors (Lipinski definition) is 2. The number of anilines is 1. The van der Waals surface area contributed by atoms with Gasteiger partial charge in [0.2, 0.25) is 11.7 Å². The Balaban J connectivity index is 1.23. The van der Waals surface area contributed by atoms with Crippen LogP contribution in [0.5, 0.6) is 5.75 Å². The maximum Gasteiger partial charge on any atom is 0.335 e. The predicted octanol–water partition coefficient (Wildman–Crippen LogP) is 4.43. The van der Waals surface area contributed by atoms with Crippen molar-refractivity contribution in [1.29, 1.82) is 0 Å². The van der Waals surface area contributed by atoms with Crippen LogP contribution in [0.15, 0.2) is 71.4 Å². The van der Waals surface area contributed by atoms with Crippen LogP contribution < -0.4 is 10.1 Å². The minimum absolute atomic E-state index is 0.0172. The highest BCUT2D eigenvalue weighted by Gasteiger charge is 2.31. The number of aromatic carboxylic acids is 1. The van der Waals surface area contributed by atoms with Crippen LogP contribution in [0.2, 0.25) is 0 Å². The quantitative estimate of drug-likeness (QED) is 0.361. The van der Waals surface area contributed by atoms with Gasteiger partial charge in [-0.3, -0.25) is 9.69 Å². The molecule has 0 aliphatic carbocycles. The van der Waals surface area contributed by atoms with Crippen LogP contribution in [0.4, 0.5) is 5.82 Å². The van der Waals surface area contributed by atoms with Gasteiger partial charge < -0.3 is 19.7 Å². The van der Waals surface area contributed by atoms with Crippen molar-refractivity contribution in [3.63, 3.8) is 0 Å². The molecule has 1 aliphatic rings. The van der Waals surface area contributed by atoms with Crippen molar-refractivity contribution >= 4 is 17.7 Å². The second kappa shape index (κ2) is 10.6. The summed E-state index contributed by atoms with van der Waals surface area (Å²) in [6, 6.07) is 17.2. The van der Waals surface area contributed by atoms with Crippen molar-refractivity contribution in [3.05, 3.63) is 89.4 Å². The molecular formula is C27H25N5O5. The third kappa shape index (κ3) is 5.49. The van der Waals surface area contributed by atoms with Gasteiger partial charge in [-0.2, -0.15) is 4.98 Å². The fourth-order valence-electron chi connectivity index (χ4n) is 4.30. The summed E-state index contributed by atoms with van der Waals surface area (Å²) in [5, 5.41) is 16.0. The average molecular weight is 500 g/mol. The zero-order valence-electron chi connectivity index (χ0n) is 20.1. The molecule has 1 unspecified atom stereocenters. The molecule has 3 heterocycles. The Morgan fingerprint density at radius 1 is 1.08 bits per heavy atom. The van der Waals surface area contributed by atoms with Crippen molar-refractivity contribution in [2.75, 3.05) is 19.0 Å². The van der Waals surface area contributed by atoms with Gasteiger partial charge >= 0.3 is 5.97 Å². The highest BCUT2D eigenvalue weighted by atomic mass is 16.5. The van der Waals surface area contributed by atoms with E-state index in [2.05, 4.69) is 25.3 Å². The molecule has 37 heavy (non-hydrogen) atoms. The van der Waals surface area contributed by atoms with E-state index in [4.69, 9.17) is 14.4 Å². The van der Waals surface area contributed by atoms with Crippen LogP contribution in [-0.4, -0.2) is 50.7 Å². The number of aromatic nitrogens is 3. The van der Waals surface area contributed by atoms with Crippen LogP contribution >= 0.6 is 0 Å². The minimum atomic E-state index is -0.939. The number of hydrogen-bond acceptors (Lipinski definition) is 8. The second-order valence-electron chi connectivity index (χ2n) is 8.70. The van der Waals surface area contributed by atoms with Crippen molar-refractivity contribution < 1.29 is 24.0 Å². The van der Waals surface area contributed by atoms with E-state index in [9.17, 15) is 9.59 Å². The van der Waals surface area contributed by atoms with E-state index in [1.54, 1.807) is 61.8 Å². The Morgan fingerprint density at radius 3 is 2.51 bits per heavy atom. The predicted molar refractivity (Wildman–Crippen MR) is 134 cm³/mol. The molecule has 10 nitrogen and oxygen atoms in total. The van der Waals surface area contributed by atoms with Crippen molar-refractivity contribution in [2.24, 2.45) is 0 Å². The first-order valence-corrected chi connectivity index (χ1v) is 11.8. The van der Waals surface area contributed by atoms with E-state index >= 15 is 0 Å². The lowest BCUT2D eigenvalue weighted by molar-refractivity contribution is 0.0696. The zero-order chi connectivity index (χ0) is 25.8. The van der Waals surface area contributed by atoms with E-state index in [-0.39, 0.29) is 17.5 Å². The summed E-state index contributed by atoms with van der Waals surface area (Å²) < 4.78 is 10.7.